The van der Waals surface area contributed by atoms with Crippen molar-refractivity contribution in [1.82, 2.24) is 10.6 Å². The van der Waals surface area contributed by atoms with Gasteiger partial charge in [0.1, 0.15) is 5.54 Å². The van der Waals surface area contributed by atoms with Gasteiger partial charge in [-0.25, -0.2) is 9.59 Å². The number of carbonyl (C=O) groups excluding carboxylic acids is 1. The first-order chi connectivity index (χ1) is 8.83. The van der Waals surface area contributed by atoms with Crippen LogP contribution in [0.25, 0.3) is 0 Å². The van der Waals surface area contributed by atoms with Gasteiger partial charge in [0.25, 0.3) is 0 Å². The van der Waals surface area contributed by atoms with Crippen molar-refractivity contribution < 1.29 is 14.7 Å². The Bertz CT molecular complexity index is 443. The van der Waals surface area contributed by atoms with E-state index < -0.39 is 17.5 Å². The lowest BCUT2D eigenvalue weighted by Crippen LogP contribution is -2.53. The molecule has 0 spiro atoms. The Labute approximate surface area is 113 Å². The highest BCUT2D eigenvalue weighted by molar-refractivity contribution is 5.85. The molecule has 5 nitrogen and oxygen atoms in total. The fourth-order valence-corrected chi connectivity index (χ4v) is 1.53. The molecule has 1 aromatic carbocycles. The minimum atomic E-state index is -1.28. The molecule has 1 unspecified atom stereocenters. The second kappa shape index (κ2) is 6.22. The molecular weight excluding hydrogens is 244 g/mol. The van der Waals surface area contributed by atoms with Crippen LogP contribution in [0.15, 0.2) is 30.3 Å². The topological polar surface area (TPSA) is 78.4 Å². The van der Waals surface area contributed by atoms with E-state index in [4.69, 9.17) is 5.11 Å². The summed E-state index contributed by atoms with van der Waals surface area (Å²) in [4.78, 5) is 22.5. The third kappa shape index (κ3) is 4.62. The van der Waals surface area contributed by atoms with Crippen LogP contribution >= 0.6 is 0 Å². The summed E-state index contributed by atoms with van der Waals surface area (Å²) < 4.78 is 0. The molecule has 0 fully saturated rings. The number of amides is 2. The van der Waals surface area contributed by atoms with Gasteiger partial charge < -0.3 is 15.7 Å². The van der Waals surface area contributed by atoms with Crippen molar-refractivity contribution in [2.24, 2.45) is 0 Å². The average molecular weight is 264 g/mol. The van der Waals surface area contributed by atoms with Crippen molar-refractivity contribution in [3.05, 3.63) is 35.9 Å². The largest absolute Gasteiger partial charge is 0.480 e. The summed E-state index contributed by atoms with van der Waals surface area (Å²) in [6.07, 6.45) is 0. The van der Waals surface area contributed by atoms with Gasteiger partial charge in [0.15, 0.2) is 0 Å². The van der Waals surface area contributed by atoms with Crippen LogP contribution in [0.2, 0.25) is 0 Å². The predicted molar refractivity (Wildman–Crippen MR) is 73.1 cm³/mol. The van der Waals surface area contributed by atoms with E-state index in [0.717, 1.165) is 5.56 Å². The van der Waals surface area contributed by atoms with Crippen LogP contribution in [0.3, 0.4) is 0 Å². The van der Waals surface area contributed by atoms with Gasteiger partial charge in [-0.15, -0.1) is 0 Å². The van der Waals surface area contributed by atoms with Gasteiger partial charge in [0, 0.05) is 6.54 Å². The molecule has 2 amide bonds. The van der Waals surface area contributed by atoms with Gasteiger partial charge in [-0.1, -0.05) is 37.3 Å². The van der Waals surface area contributed by atoms with Gasteiger partial charge in [0.05, 0.1) is 0 Å². The van der Waals surface area contributed by atoms with Gasteiger partial charge in [0.2, 0.25) is 0 Å². The minimum absolute atomic E-state index is 0.167. The van der Waals surface area contributed by atoms with E-state index in [2.05, 4.69) is 10.6 Å². The third-order valence-corrected chi connectivity index (χ3v) is 2.90. The first-order valence-electron chi connectivity index (χ1n) is 6.17. The molecule has 1 atom stereocenters. The first kappa shape index (κ1) is 15.0. The molecule has 19 heavy (non-hydrogen) atoms. The van der Waals surface area contributed by atoms with Crippen LogP contribution in [-0.4, -0.2) is 29.2 Å². The SMILES string of the molecule is CC(CNC(=O)NC(C)(C)C(=O)O)c1ccccc1. The lowest BCUT2D eigenvalue weighted by atomic mass is 10.0. The van der Waals surface area contributed by atoms with Crippen LogP contribution in [-0.2, 0) is 4.79 Å². The average Bonchev–Trinajstić information content (AvgIpc) is 2.36. The van der Waals surface area contributed by atoms with Crippen LogP contribution in [0, 0.1) is 0 Å². The standard InChI is InChI=1S/C14H20N2O3/c1-10(11-7-5-4-6-8-11)9-15-13(19)16-14(2,3)12(17)18/h4-8,10H,9H2,1-3H3,(H,17,18)(H2,15,16,19). The number of carbonyl (C=O) groups is 2. The van der Waals surface area contributed by atoms with Crippen molar-refractivity contribution in [2.75, 3.05) is 6.54 Å². The summed E-state index contributed by atoms with van der Waals surface area (Å²) in [6.45, 7) is 5.33. The molecule has 0 aliphatic carbocycles. The smallest absolute Gasteiger partial charge is 0.328 e. The van der Waals surface area contributed by atoms with E-state index in [1.165, 1.54) is 13.8 Å². The Kier molecular flexibility index (Phi) is 4.92. The third-order valence-electron chi connectivity index (χ3n) is 2.90. The molecular formula is C14H20N2O3. The van der Waals surface area contributed by atoms with Gasteiger partial charge in [-0.2, -0.15) is 0 Å². The van der Waals surface area contributed by atoms with E-state index in [-0.39, 0.29) is 5.92 Å². The molecule has 0 bridgehead atoms. The maximum atomic E-state index is 11.6. The zero-order valence-electron chi connectivity index (χ0n) is 11.4. The maximum Gasteiger partial charge on any atom is 0.328 e. The lowest BCUT2D eigenvalue weighted by Gasteiger charge is -2.22. The number of urea groups is 1. The van der Waals surface area contributed by atoms with Crippen molar-refractivity contribution in [3.8, 4) is 0 Å². The zero-order chi connectivity index (χ0) is 14.5. The summed E-state index contributed by atoms with van der Waals surface area (Å²) in [6, 6.07) is 9.33. The number of hydrogen-bond acceptors (Lipinski definition) is 2. The lowest BCUT2D eigenvalue weighted by molar-refractivity contribution is -0.142. The molecule has 3 N–H and O–H groups in total. The number of carboxylic acid groups (broad SMARTS) is 1. The van der Waals surface area contributed by atoms with Crippen LogP contribution < -0.4 is 10.6 Å². The highest BCUT2D eigenvalue weighted by atomic mass is 16.4. The second-order valence-electron chi connectivity index (χ2n) is 5.08. The number of aliphatic carboxylic acids is 1. The molecule has 0 saturated carbocycles. The molecule has 0 aliphatic rings. The zero-order valence-corrected chi connectivity index (χ0v) is 11.4. The van der Waals surface area contributed by atoms with E-state index in [0.29, 0.717) is 6.54 Å². The first-order valence-corrected chi connectivity index (χ1v) is 6.17. The maximum absolute atomic E-state index is 11.6. The molecule has 1 rings (SSSR count). The van der Waals surface area contributed by atoms with E-state index in [1.54, 1.807) is 0 Å². The summed E-state index contributed by atoms with van der Waals surface area (Å²) in [5.41, 5.74) is -0.152. The van der Waals surface area contributed by atoms with Gasteiger partial charge in [-0.3, -0.25) is 0 Å². The summed E-state index contributed by atoms with van der Waals surface area (Å²) >= 11 is 0. The van der Waals surface area contributed by atoms with Crippen molar-refractivity contribution in [3.63, 3.8) is 0 Å². The van der Waals surface area contributed by atoms with Gasteiger partial charge in [-0.05, 0) is 25.3 Å². The number of benzene rings is 1. The Morgan fingerprint density at radius 3 is 2.37 bits per heavy atom. The van der Waals surface area contributed by atoms with Gasteiger partial charge >= 0.3 is 12.0 Å². The quantitative estimate of drug-likeness (QED) is 0.760. The summed E-state index contributed by atoms with van der Waals surface area (Å²) in [5, 5.41) is 14.0. The fourth-order valence-electron chi connectivity index (χ4n) is 1.53. The molecule has 0 radical (unpaired) electrons. The monoisotopic (exact) mass is 264 g/mol. The molecule has 0 heterocycles. The van der Waals surface area contributed by atoms with Crippen LogP contribution in [0.5, 0.6) is 0 Å². The highest BCUT2D eigenvalue weighted by Crippen LogP contribution is 2.12. The molecule has 0 aliphatic heterocycles. The second-order valence-corrected chi connectivity index (χ2v) is 5.08. The molecule has 0 aromatic heterocycles. The number of hydrogen-bond donors (Lipinski definition) is 3. The fraction of sp³-hybridized carbons (Fsp3) is 0.429. The number of rotatable bonds is 5. The van der Waals surface area contributed by atoms with E-state index >= 15 is 0 Å². The molecule has 1 aromatic rings. The Morgan fingerprint density at radius 2 is 1.84 bits per heavy atom. The summed E-state index contributed by atoms with van der Waals surface area (Å²) in [5.74, 6) is -0.904. The van der Waals surface area contributed by atoms with E-state index in [1.807, 2.05) is 37.3 Å². The highest BCUT2D eigenvalue weighted by Gasteiger charge is 2.28. The summed E-state index contributed by atoms with van der Waals surface area (Å²) in [7, 11) is 0. The van der Waals surface area contributed by atoms with Crippen molar-refractivity contribution >= 4 is 12.0 Å². The Morgan fingerprint density at radius 1 is 1.26 bits per heavy atom. The van der Waals surface area contributed by atoms with Crippen molar-refractivity contribution in [1.29, 1.82) is 0 Å². The number of carboxylic acids is 1. The Balaban J connectivity index is 2.45. The molecule has 0 saturated heterocycles. The van der Waals surface area contributed by atoms with Crippen molar-refractivity contribution in [2.45, 2.75) is 32.2 Å². The van der Waals surface area contributed by atoms with Crippen LogP contribution in [0.4, 0.5) is 4.79 Å². The van der Waals surface area contributed by atoms with E-state index in [9.17, 15) is 9.59 Å². The molecule has 5 heteroatoms. The molecule has 104 valence electrons. The Hall–Kier alpha value is -2.04. The number of nitrogens with one attached hydrogen (secondary N) is 2. The predicted octanol–water partition coefficient (Wildman–Crippen LogP) is 1.95. The normalized spacial score (nSPS) is 12.6. The minimum Gasteiger partial charge on any atom is -0.480 e. The van der Waals surface area contributed by atoms with Crippen LogP contribution in [0.1, 0.15) is 32.3 Å².